The number of anilines is 1. The maximum atomic E-state index is 12.0. The molecule has 2 N–H and O–H groups in total. The highest BCUT2D eigenvalue weighted by atomic mass is 16.4. The molecule has 1 aromatic heterocycles. The summed E-state index contributed by atoms with van der Waals surface area (Å²) < 4.78 is 0. The molecule has 0 saturated carbocycles. The summed E-state index contributed by atoms with van der Waals surface area (Å²) in [6.45, 7) is 2.02. The topological polar surface area (TPSA) is 73.4 Å². The van der Waals surface area contributed by atoms with Gasteiger partial charge in [-0.15, -0.1) is 0 Å². The maximum Gasteiger partial charge on any atom is 0.352 e. The quantitative estimate of drug-likeness (QED) is 0.879. The number of H-pyrrole nitrogens is 1. The summed E-state index contributed by atoms with van der Waals surface area (Å²) in [5, 5.41) is 9.49. The molecule has 0 unspecified atom stereocenters. The molecule has 2 heterocycles. The number of nitrogens with one attached hydrogen (secondary N) is 1. The molecule has 0 amide bonds. The van der Waals surface area contributed by atoms with E-state index in [-0.39, 0.29) is 11.1 Å². The Balaban J connectivity index is 2.07. The van der Waals surface area contributed by atoms with Crippen LogP contribution in [0.25, 0.3) is 10.9 Å². The van der Waals surface area contributed by atoms with Crippen LogP contribution < -0.4 is 10.3 Å². The predicted molar refractivity (Wildman–Crippen MR) is 77.6 cm³/mol. The molecule has 0 aliphatic carbocycles. The summed E-state index contributed by atoms with van der Waals surface area (Å²) in [5.74, 6) is -1.12. The second kappa shape index (κ2) is 5.00. The van der Waals surface area contributed by atoms with Gasteiger partial charge in [0.1, 0.15) is 5.69 Å². The molecule has 0 radical (unpaired) electrons. The maximum absolute atomic E-state index is 12.0. The third-order valence-corrected chi connectivity index (χ3v) is 3.76. The lowest BCUT2D eigenvalue weighted by molar-refractivity contribution is 0.0691. The van der Waals surface area contributed by atoms with Crippen LogP contribution in [-0.4, -0.2) is 29.1 Å². The number of piperidine rings is 1. The summed E-state index contributed by atoms with van der Waals surface area (Å²) in [4.78, 5) is 28.0. The first-order chi connectivity index (χ1) is 9.65. The molecule has 5 heteroatoms. The number of aromatic nitrogens is 1. The van der Waals surface area contributed by atoms with E-state index in [4.69, 9.17) is 5.11 Å². The van der Waals surface area contributed by atoms with Crippen LogP contribution in [0.15, 0.2) is 29.1 Å². The van der Waals surface area contributed by atoms with Crippen molar-refractivity contribution in [3.05, 3.63) is 40.2 Å². The van der Waals surface area contributed by atoms with Crippen molar-refractivity contribution in [3.8, 4) is 0 Å². The fraction of sp³-hybridized carbons (Fsp3) is 0.333. The number of carboxylic acid groups (broad SMARTS) is 1. The van der Waals surface area contributed by atoms with Crippen molar-refractivity contribution in [2.45, 2.75) is 19.3 Å². The molecule has 1 aliphatic heterocycles. The van der Waals surface area contributed by atoms with Crippen LogP contribution in [-0.2, 0) is 0 Å². The van der Waals surface area contributed by atoms with Crippen molar-refractivity contribution in [3.63, 3.8) is 0 Å². The molecule has 0 spiro atoms. The number of pyridine rings is 1. The lowest BCUT2D eigenvalue weighted by Gasteiger charge is -2.28. The standard InChI is InChI=1S/C15H16N2O3/c18-14-9-13(15(19)20)16-12-5-4-10(8-11(12)14)17-6-2-1-3-7-17/h4-5,8-9H,1-3,6-7H2,(H,16,18)(H,19,20). The molecule has 1 fully saturated rings. The third kappa shape index (κ3) is 2.27. The molecular weight excluding hydrogens is 256 g/mol. The van der Waals surface area contributed by atoms with Crippen molar-refractivity contribution < 1.29 is 9.90 Å². The zero-order valence-electron chi connectivity index (χ0n) is 11.1. The number of hydrogen-bond acceptors (Lipinski definition) is 3. The molecular formula is C15H16N2O3. The monoisotopic (exact) mass is 272 g/mol. The van der Waals surface area contributed by atoms with Gasteiger partial charge >= 0.3 is 5.97 Å². The third-order valence-electron chi connectivity index (χ3n) is 3.76. The summed E-state index contributed by atoms with van der Waals surface area (Å²) in [6.07, 6.45) is 3.60. The van der Waals surface area contributed by atoms with Gasteiger partial charge in [0.05, 0.1) is 5.52 Å². The first kappa shape index (κ1) is 12.7. The van der Waals surface area contributed by atoms with Crippen LogP contribution in [0.5, 0.6) is 0 Å². The number of carboxylic acids is 1. The molecule has 2 aromatic rings. The normalized spacial score (nSPS) is 15.5. The van der Waals surface area contributed by atoms with Crippen molar-refractivity contribution >= 4 is 22.6 Å². The molecule has 1 aliphatic rings. The lowest BCUT2D eigenvalue weighted by Crippen LogP contribution is -2.29. The predicted octanol–water partition coefficient (Wildman–Crippen LogP) is 2.22. The van der Waals surface area contributed by atoms with E-state index in [1.54, 1.807) is 6.07 Å². The number of fused-ring (bicyclic) bond motifs is 1. The van der Waals surface area contributed by atoms with Crippen LogP contribution in [0.3, 0.4) is 0 Å². The SMILES string of the molecule is O=C(O)c1cc(=O)c2cc(N3CCCCC3)ccc2[nH]1. The Kier molecular flexibility index (Phi) is 3.18. The summed E-state index contributed by atoms with van der Waals surface area (Å²) in [7, 11) is 0. The van der Waals surface area contributed by atoms with Gasteiger partial charge in [-0.3, -0.25) is 4.79 Å². The molecule has 0 atom stereocenters. The van der Waals surface area contributed by atoms with Gasteiger partial charge in [-0.25, -0.2) is 4.79 Å². The molecule has 0 bridgehead atoms. The Morgan fingerprint density at radius 2 is 1.90 bits per heavy atom. The van der Waals surface area contributed by atoms with Gasteiger partial charge in [-0.05, 0) is 37.5 Å². The summed E-state index contributed by atoms with van der Waals surface area (Å²) in [6, 6.07) is 6.72. The van der Waals surface area contributed by atoms with Crippen molar-refractivity contribution in [2.24, 2.45) is 0 Å². The van der Waals surface area contributed by atoms with Gasteiger partial charge in [0.15, 0.2) is 5.43 Å². The Morgan fingerprint density at radius 1 is 1.15 bits per heavy atom. The zero-order chi connectivity index (χ0) is 14.1. The molecule has 1 saturated heterocycles. The van der Waals surface area contributed by atoms with E-state index in [2.05, 4.69) is 9.88 Å². The number of nitrogens with zero attached hydrogens (tertiary/aromatic N) is 1. The molecule has 104 valence electrons. The van der Waals surface area contributed by atoms with Crippen LogP contribution in [0.2, 0.25) is 0 Å². The van der Waals surface area contributed by atoms with E-state index in [9.17, 15) is 9.59 Å². The molecule has 3 rings (SSSR count). The minimum Gasteiger partial charge on any atom is -0.477 e. The number of carbonyl (C=O) groups is 1. The summed E-state index contributed by atoms with van der Waals surface area (Å²) >= 11 is 0. The summed E-state index contributed by atoms with van der Waals surface area (Å²) in [5.41, 5.74) is 1.27. The van der Waals surface area contributed by atoms with Gasteiger partial charge in [-0.1, -0.05) is 0 Å². The van der Waals surface area contributed by atoms with E-state index in [1.807, 2.05) is 12.1 Å². The minimum absolute atomic E-state index is 0.0757. The van der Waals surface area contributed by atoms with E-state index in [0.29, 0.717) is 10.9 Å². The highest BCUT2D eigenvalue weighted by Gasteiger charge is 2.13. The second-order valence-corrected chi connectivity index (χ2v) is 5.13. The molecule has 1 aromatic carbocycles. The average molecular weight is 272 g/mol. The fourth-order valence-corrected chi connectivity index (χ4v) is 2.70. The number of rotatable bonds is 2. The average Bonchev–Trinajstić information content (AvgIpc) is 2.47. The van der Waals surface area contributed by atoms with Crippen LogP contribution in [0.4, 0.5) is 5.69 Å². The van der Waals surface area contributed by atoms with Gasteiger partial charge < -0.3 is 15.0 Å². The second-order valence-electron chi connectivity index (χ2n) is 5.13. The highest BCUT2D eigenvalue weighted by molar-refractivity contribution is 5.90. The van der Waals surface area contributed by atoms with Gasteiger partial charge in [0, 0.05) is 30.2 Å². The smallest absolute Gasteiger partial charge is 0.352 e. The minimum atomic E-state index is -1.12. The van der Waals surface area contributed by atoms with Crippen molar-refractivity contribution in [1.82, 2.24) is 4.98 Å². The Morgan fingerprint density at radius 3 is 2.60 bits per heavy atom. The van der Waals surface area contributed by atoms with Gasteiger partial charge in [0.25, 0.3) is 0 Å². The van der Waals surface area contributed by atoms with Crippen LogP contribution >= 0.6 is 0 Å². The Bertz CT molecular complexity index is 715. The molecule has 5 nitrogen and oxygen atoms in total. The number of hydrogen-bond donors (Lipinski definition) is 2. The number of aromatic carboxylic acids is 1. The van der Waals surface area contributed by atoms with E-state index in [0.717, 1.165) is 24.8 Å². The highest BCUT2D eigenvalue weighted by Crippen LogP contribution is 2.22. The van der Waals surface area contributed by atoms with Gasteiger partial charge in [0.2, 0.25) is 0 Å². The van der Waals surface area contributed by atoms with Crippen LogP contribution in [0, 0.1) is 0 Å². The van der Waals surface area contributed by atoms with Crippen LogP contribution in [0.1, 0.15) is 29.8 Å². The van der Waals surface area contributed by atoms with E-state index < -0.39 is 5.97 Å². The van der Waals surface area contributed by atoms with E-state index in [1.165, 1.54) is 19.3 Å². The Hall–Kier alpha value is -2.30. The van der Waals surface area contributed by atoms with Crippen molar-refractivity contribution in [1.29, 1.82) is 0 Å². The zero-order valence-corrected chi connectivity index (χ0v) is 11.1. The van der Waals surface area contributed by atoms with Crippen molar-refractivity contribution in [2.75, 3.05) is 18.0 Å². The fourth-order valence-electron chi connectivity index (χ4n) is 2.70. The molecule has 20 heavy (non-hydrogen) atoms. The number of aromatic amines is 1. The number of benzene rings is 1. The lowest BCUT2D eigenvalue weighted by atomic mass is 10.1. The first-order valence-electron chi connectivity index (χ1n) is 6.80. The first-order valence-corrected chi connectivity index (χ1v) is 6.80. The van der Waals surface area contributed by atoms with E-state index >= 15 is 0 Å². The van der Waals surface area contributed by atoms with Gasteiger partial charge in [-0.2, -0.15) is 0 Å². The largest absolute Gasteiger partial charge is 0.477 e. The Labute approximate surface area is 115 Å².